The summed E-state index contributed by atoms with van der Waals surface area (Å²) < 4.78 is 31.5. The maximum absolute atomic E-state index is 14.7. The SMILES string of the molecule is O=C(NCc1ccc(F)cc1)C(c1ccccc1F)N(C(=O)c1csnn1)C1CC1. The third-order valence-electron chi connectivity index (χ3n) is 4.86. The molecular weight excluding hydrogens is 410 g/mol. The summed E-state index contributed by atoms with van der Waals surface area (Å²) in [5, 5.41) is 8.08. The fraction of sp³-hybridized carbons (Fsp3) is 0.238. The summed E-state index contributed by atoms with van der Waals surface area (Å²) in [4.78, 5) is 27.7. The number of rotatable bonds is 7. The maximum Gasteiger partial charge on any atom is 0.276 e. The fourth-order valence-electron chi connectivity index (χ4n) is 3.24. The van der Waals surface area contributed by atoms with Crippen molar-refractivity contribution in [3.63, 3.8) is 0 Å². The van der Waals surface area contributed by atoms with Crippen LogP contribution < -0.4 is 5.32 Å². The predicted molar refractivity (Wildman–Crippen MR) is 106 cm³/mol. The highest BCUT2D eigenvalue weighted by Gasteiger charge is 2.43. The number of benzene rings is 2. The summed E-state index contributed by atoms with van der Waals surface area (Å²) in [6.45, 7) is 0.120. The van der Waals surface area contributed by atoms with Crippen LogP contribution in [0.2, 0.25) is 0 Å². The van der Waals surface area contributed by atoms with E-state index in [1.165, 1.54) is 40.6 Å². The van der Waals surface area contributed by atoms with Gasteiger partial charge < -0.3 is 10.2 Å². The summed E-state index contributed by atoms with van der Waals surface area (Å²) in [5.41, 5.74) is 0.919. The van der Waals surface area contributed by atoms with Gasteiger partial charge in [0.2, 0.25) is 5.91 Å². The Morgan fingerprint density at radius 1 is 1.13 bits per heavy atom. The molecule has 1 aliphatic carbocycles. The van der Waals surface area contributed by atoms with Crippen LogP contribution in [0, 0.1) is 11.6 Å². The van der Waals surface area contributed by atoms with Crippen molar-refractivity contribution in [2.24, 2.45) is 0 Å². The van der Waals surface area contributed by atoms with Crippen molar-refractivity contribution in [2.75, 3.05) is 0 Å². The van der Waals surface area contributed by atoms with Crippen LogP contribution in [-0.2, 0) is 11.3 Å². The summed E-state index contributed by atoms with van der Waals surface area (Å²) in [6.07, 6.45) is 1.44. The highest BCUT2D eigenvalue weighted by atomic mass is 32.1. The van der Waals surface area contributed by atoms with Gasteiger partial charge in [-0.3, -0.25) is 9.59 Å². The lowest BCUT2D eigenvalue weighted by atomic mass is 10.0. The second kappa shape index (κ2) is 8.66. The Kier molecular flexibility index (Phi) is 5.80. The molecule has 1 atom stereocenters. The van der Waals surface area contributed by atoms with Crippen LogP contribution in [0.5, 0.6) is 0 Å². The Morgan fingerprint density at radius 3 is 2.50 bits per heavy atom. The van der Waals surface area contributed by atoms with Crippen molar-refractivity contribution in [3.8, 4) is 0 Å². The van der Waals surface area contributed by atoms with E-state index in [0.717, 1.165) is 24.4 Å². The second-order valence-electron chi connectivity index (χ2n) is 7.00. The van der Waals surface area contributed by atoms with Crippen LogP contribution in [-0.4, -0.2) is 32.3 Å². The molecule has 1 aliphatic rings. The fourth-order valence-corrected chi connectivity index (χ4v) is 3.67. The molecule has 0 radical (unpaired) electrons. The van der Waals surface area contributed by atoms with E-state index >= 15 is 0 Å². The van der Waals surface area contributed by atoms with Crippen LogP contribution in [0.1, 0.15) is 40.5 Å². The lowest BCUT2D eigenvalue weighted by Gasteiger charge is -2.31. The molecular formula is C21H18F2N4O2S. The third kappa shape index (κ3) is 4.35. The molecule has 1 unspecified atom stereocenters. The maximum atomic E-state index is 14.7. The first-order valence-electron chi connectivity index (χ1n) is 9.41. The van der Waals surface area contributed by atoms with Crippen LogP contribution in [0.25, 0.3) is 0 Å². The number of nitrogens with zero attached hydrogens (tertiary/aromatic N) is 3. The zero-order valence-electron chi connectivity index (χ0n) is 15.8. The number of amides is 2. The lowest BCUT2D eigenvalue weighted by Crippen LogP contribution is -2.45. The minimum atomic E-state index is -1.16. The molecule has 154 valence electrons. The van der Waals surface area contributed by atoms with E-state index in [1.54, 1.807) is 18.2 Å². The average Bonchev–Trinajstić information content (AvgIpc) is 3.43. The molecule has 0 bridgehead atoms. The highest BCUT2D eigenvalue weighted by molar-refractivity contribution is 7.03. The minimum Gasteiger partial charge on any atom is -0.350 e. The van der Waals surface area contributed by atoms with Gasteiger partial charge in [-0.25, -0.2) is 8.78 Å². The monoisotopic (exact) mass is 428 g/mol. The van der Waals surface area contributed by atoms with E-state index in [-0.39, 0.29) is 29.7 Å². The molecule has 4 rings (SSSR count). The summed E-state index contributed by atoms with van der Waals surface area (Å²) in [6, 6.07) is 10.3. The quantitative estimate of drug-likeness (QED) is 0.625. The normalized spacial score (nSPS) is 14.2. The molecule has 1 N–H and O–H groups in total. The van der Waals surface area contributed by atoms with Gasteiger partial charge in [0.15, 0.2) is 5.69 Å². The van der Waals surface area contributed by atoms with Crippen molar-refractivity contribution in [1.82, 2.24) is 19.8 Å². The predicted octanol–water partition coefficient (Wildman–Crippen LogP) is 3.48. The lowest BCUT2D eigenvalue weighted by molar-refractivity contribution is -0.126. The Labute approximate surface area is 175 Å². The first-order chi connectivity index (χ1) is 14.5. The molecule has 2 amide bonds. The number of carbonyl (C=O) groups excluding carboxylic acids is 2. The van der Waals surface area contributed by atoms with Gasteiger partial charge in [-0.1, -0.05) is 34.8 Å². The van der Waals surface area contributed by atoms with Crippen LogP contribution >= 0.6 is 11.5 Å². The second-order valence-corrected chi connectivity index (χ2v) is 7.61. The largest absolute Gasteiger partial charge is 0.350 e. The molecule has 9 heteroatoms. The number of halogens is 2. The first kappa shape index (κ1) is 20.1. The van der Waals surface area contributed by atoms with E-state index in [4.69, 9.17) is 0 Å². The van der Waals surface area contributed by atoms with Crippen molar-refractivity contribution in [3.05, 3.63) is 82.4 Å². The summed E-state index contributed by atoms with van der Waals surface area (Å²) >= 11 is 1.03. The number of hydrogen-bond donors (Lipinski definition) is 1. The van der Waals surface area contributed by atoms with E-state index in [1.807, 2.05) is 0 Å². The molecule has 1 saturated carbocycles. The van der Waals surface area contributed by atoms with Gasteiger partial charge in [-0.2, -0.15) is 0 Å². The smallest absolute Gasteiger partial charge is 0.276 e. The molecule has 1 aromatic heterocycles. The van der Waals surface area contributed by atoms with Gasteiger partial charge in [-0.15, -0.1) is 5.10 Å². The van der Waals surface area contributed by atoms with E-state index < -0.39 is 23.7 Å². The Bertz CT molecular complexity index is 1040. The van der Waals surface area contributed by atoms with Gasteiger partial charge in [0.25, 0.3) is 5.91 Å². The van der Waals surface area contributed by atoms with Crippen LogP contribution in [0.15, 0.2) is 53.9 Å². The highest BCUT2D eigenvalue weighted by Crippen LogP contribution is 2.36. The van der Waals surface area contributed by atoms with Gasteiger partial charge >= 0.3 is 0 Å². The number of aromatic nitrogens is 2. The van der Waals surface area contributed by atoms with Crippen LogP contribution in [0.3, 0.4) is 0 Å². The zero-order valence-corrected chi connectivity index (χ0v) is 16.6. The van der Waals surface area contributed by atoms with Gasteiger partial charge in [0, 0.05) is 23.5 Å². The van der Waals surface area contributed by atoms with Gasteiger partial charge in [0.1, 0.15) is 17.7 Å². The Hall–Kier alpha value is -3.20. The van der Waals surface area contributed by atoms with Crippen LogP contribution in [0.4, 0.5) is 8.78 Å². The van der Waals surface area contributed by atoms with Crippen molar-refractivity contribution < 1.29 is 18.4 Å². The standard InChI is InChI=1S/C21H18F2N4O2S/c22-14-7-5-13(6-8-14)11-24-20(28)19(16-3-1-2-4-17(16)23)27(15-9-10-15)21(29)18-12-30-26-25-18/h1-8,12,15,19H,9-11H2,(H,24,28). The topological polar surface area (TPSA) is 75.2 Å². The molecule has 0 spiro atoms. The van der Waals surface area contributed by atoms with E-state index in [2.05, 4.69) is 14.9 Å². The Morgan fingerprint density at radius 2 is 1.87 bits per heavy atom. The molecule has 1 fully saturated rings. The summed E-state index contributed by atoms with van der Waals surface area (Å²) in [7, 11) is 0. The average molecular weight is 428 g/mol. The first-order valence-corrected chi connectivity index (χ1v) is 10.2. The number of nitrogens with one attached hydrogen (secondary N) is 1. The van der Waals surface area contributed by atoms with E-state index in [9.17, 15) is 18.4 Å². The van der Waals surface area contributed by atoms with Gasteiger partial charge in [-0.05, 0) is 48.1 Å². The molecule has 3 aromatic rings. The third-order valence-corrected chi connectivity index (χ3v) is 5.36. The molecule has 1 heterocycles. The minimum absolute atomic E-state index is 0.109. The molecule has 6 nitrogen and oxygen atoms in total. The molecule has 30 heavy (non-hydrogen) atoms. The Balaban J connectivity index is 1.65. The van der Waals surface area contributed by atoms with Crippen molar-refractivity contribution in [1.29, 1.82) is 0 Å². The number of hydrogen-bond acceptors (Lipinski definition) is 5. The number of carbonyl (C=O) groups is 2. The summed E-state index contributed by atoms with van der Waals surface area (Å²) in [5.74, 6) is -1.93. The molecule has 2 aromatic carbocycles. The molecule has 0 aliphatic heterocycles. The zero-order chi connectivity index (χ0) is 21.1. The molecule has 0 saturated heterocycles. The van der Waals surface area contributed by atoms with Crippen molar-refractivity contribution in [2.45, 2.75) is 31.5 Å². The van der Waals surface area contributed by atoms with Crippen molar-refractivity contribution >= 4 is 23.3 Å². The van der Waals surface area contributed by atoms with E-state index in [0.29, 0.717) is 5.56 Å². The van der Waals surface area contributed by atoms with Gasteiger partial charge in [0.05, 0.1) is 0 Å².